The molecule has 0 saturated carbocycles. The summed E-state index contributed by atoms with van der Waals surface area (Å²) >= 11 is 0. The van der Waals surface area contributed by atoms with E-state index in [-0.39, 0.29) is 5.97 Å². The molecule has 4 heteroatoms. The summed E-state index contributed by atoms with van der Waals surface area (Å²) in [4.78, 5) is 20.6. The van der Waals surface area contributed by atoms with E-state index in [0.29, 0.717) is 18.9 Å². The van der Waals surface area contributed by atoms with Crippen LogP contribution < -0.4 is 0 Å². The molecule has 0 fully saturated rings. The highest BCUT2D eigenvalue weighted by molar-refractivity contribution is 5.68. The number of hydrogen-bond acceptors (Lipinski definition) is 4. The monoisotopic (exact) mass is 260 g/mol. The second-order valence-corrected chi connectivity index (χ2v) is 4.68. The smallest absolute Gasteiger partial charge is 0.269 e. The lowest BCUT2D eigenvalue weighted by molar-refractivity contribution is -0.489. The van der Waals surface area contributed by atoms with E-state index in [2.05, 4.69) is 30.7 Å². The van der Waals surface area contributed by atoms with Crippen molar-refractivity contribution in [2.75, 3.05) is 6.61 Å². The van der Waals surface area contributed by atoms with E-state index in [1.54, 1.807) is 0 Å². The lowest BCUT2D eigenvalue weighted by Crippen LogP contribution is -2.12. The van der Waals surface area contributed by atoms with Crippen molar-refractivity contribution < 1.29 is 19.6 Å². The van der Waals surface area contributed by atoms with Crippen LogP contribution in [0.4, 0.5) is 0 Å². The van der Waals surface area contributed by atoms with Crippen LogP contribution in [-0.2, 0) is 19.6 Å². The zero-order valence-corrected chi connectivity index (χ0v) is 12.1. The summed E-state index contributed by atoms with van der Waals surface area (Å²) in [6, 6.07) is 0. The van der Waals surface area contributed by atoms with Crippen LogP contribution >= 0.6 is 0 Å². The molecular weight excluding hydrogens is 232 g/mol. The summed E-state index contributed by atoms with van der Waals surface area (Å²) in [7, 11) is 0. The third-order valence-corrected chi connectivity index (χ3v) is 3.01. The molecule has 0 aliphatic rings. The third kappa shape index (κ3) is 10.5. The molecule has 108 valence electrons. The molecule has 0 aliphatic heterocycles. The fourth-order valence-electron chi connectivity index (χ4n) is 1.65. The van der Waals surface area contributed by atoms with Gasteiger partial charge in [-0.05, 0) is 23.8 Å². The van der Waals surface area contributed by atoms with E-state index in [1.807, 2.05) is 0 Å². The van der Waals surface area contributed by atoms with Crippen molar-refractivity contribution in [1.29, 1.82) is 0 Å². The molecule has 0 bridgehead atoms. The summed E-state index contributed by atoms with van der Waals surface area (Å²) < 4.78 is 0. The van der Waals surface area contributed by atoms with Gasteiger partial charge in [0.25, 0.3) is 0 Å². The molecule has 4 nitrogen and oxygen atoms in total. The summed E-state index contributed by atoms with van der Waals surface area (Å²) in [5.41, 5.74) is 0. The number of unbranched alkanes of at least 4 members (excludes halogenated alkanes) is 3. The maximum absolute atomic E-state index is 11.2. The second-order valence-electron chi connectivity index (χ2n) is 4.68. The Hall–Kier alpha value is -0.610. The standard InChI is InChI=1S/C14H28O4/c1-4-7-9-11-14(15)17-18-16-12-13(6-3)10-8-5-2/h13H,4-12H2,1-3H3. The fraction of sp³-hybridized carbons (Fsp3) is 0.929. The lowest BCUT2D eigenvalue weighted by atomic mass is 10.0. The third-order valence-electron chi connectivity index (χ3n) is 3.01. The van der Waals surface area contributed by atoms with E-state index in [0.717, 1.165) is 32.1 Å². The van der Waals surface area contributed by atoms with Crippen LogP contribution in [0.5, 0.6) is 0 Å². The summed E-state index contributed by atoms with van der Waals surface area (Å²) in [6.07, 6.45) is 7.90. The van der Waals surface area contributed by atoms with Crippen molar-refractivity contribution in [3.63, 3.8) is 0 Å². The van der Waals surface area contributed by atoms with Crippen LogP contribution in [0.25, 0.3) is 0 Å². The van der Waals surface area contributed by atoms with E-state index in [9.17, 15) is 4.79 Å². The Kier molecular flexibility index (Phi) is 12.4. The number of carbonyl (C=O) groups is 1. The van der Waals surface area contributed by atoms with Crippen LogP contribution in [0.3, 0.4) is 0 Å². The highest BCUT2D eigenvalue weighted by Gasteiger charge is 2.08. The molecule has 1 atom stereocenters. The largest absolute Gasteiger partial charge is 0.345 e. The number of hydrogen-bond donors (Lipinski definition) is 0. The summed E-state index contributed by atoms with van der Waals surface area (Å²) in [5.74, 6) is 0.119. The Morgan fingerprint density at radius 2 is 1.78 bits per heavy atom. The highest BCUT2D eigenvalue weighted by atomic mass is 17.5. The predicted octanol–water partition coefficient (Wildman–Crippen LogP) is 4.19. The van der Waals surface area contributed by atoms with E-state index < -0.39 is 0 Å². The first-order valence-electron chi connectivity index (χ1n) is 7.23. The van der Waals surface area contributed by atoms with Crippen molar-refractivity contribution in [3.8, 4) is 0 Å². The van der Waals surface area contributed by atoms with Crippen LogP contribution in [-0.4, -0.2) is 12.6 Å². The first-order chi connectivity index (χ1) is 8.74. The molecule has 0 amide bonds. The summed E-state index contributed by atoms with van der Waals surface area (Å²) in [6.45, 7) is 6.87. The van der Waals surface area contributed by atoms with Gasteiger partial charge in [0.05, 0.1) is 6.61 Å². The lowest BCUT2D eigenvalue weighted by Gasteiger charge is -2.12. The maximum Gasteiger partial charge on any atom is 0.345 e. The maximum atomic E-state index is 11.2. The minimum Gasteiger partial charge on any atom is -0.269 e. The van der Waals surface area contributed by atoms with Gasteiger partial charge < -0.3 is 0 Å². The van der Waals surface area contributed by atoms with Gasteiger partial charge in [-0.3, -0.25) is 4.89 Å². The van der Waals surface area contributed by atoms with E-state index in [1.165, 1.54) is 12.8 Å². The average Bonchev–Trinajstić information content (AvgIpc) is 2.38. The van der Waals surface area contributed by atoms with Gasteiger partial charge in [-0.25, -0.2) is 4.79 Å². The average molecular weight is 260 g/mol. The predicted molar refractivity (Wildman–Crippen MR) is 70.6 cm³/mol. The van der Waals surface area contributed by atoms with Gasteiger partial charge in [-0.15, -0.1) is 0 Å². The first kappa shape index (κ1) is 17.4. The van der Waals surface area contributed by atoms with Crippen molar-refractivity contribution in [2.24, 2.45) is 5.92 Å². The van der Waals surface area contributed by atoms with Gasteiger partial charge in [-0.1, -0.05) is 52.9 Å². The minimum atomic E-state index is -0.356. The minimum absolute atomic E-state index is 0.356. The Balaban J connectivity index is 3.43. The second kappa shape index (κ2) is 12.8. The molecule has 0 aromatic heterocycles. The Labute approximate surface area is 111 Å². The van der Waals surface area contributed by atoms with Gasteiger partial charge in [0.2, 0.25) is 0 Å². The zero-order chi connectivity index (χ0) is 13.6. The van der Waals surface area contributed by atoms with E-state index >= 15 is 0 Å². The quantitative estimate of drug-likeness (QED) is 0.300. The van der Waals surface area contributed by atoms with Crippen LogP contribution in [0.1, 0.15) is 72.1 Å². The zero-order valence-electron chi connectivity index (χ0n) is 12.1. The number of rotatable bonds is 12. The molecule has 18 heavy (non-hydrogen) atoms. The molecule has 0 radical (unpaired) electrons. The number of carbonyl (C=O) groups excluding carboxylic acids is 1. The van der Waals surface area contributed by atoms with Crippen LogP contribution in [0.15, 0.2) is 0 Å². The van der Waals surface area contributed by atoms with Gasteiger partial charge in [0, 0.05) is 6.42 Å². The van der Waals surface area contributed by atoms with Crippen molar-refractivity contribution >= 4 is 5.97 Å². The molecule has 0 heterocycles. The normalized spacial score (nSPS) is 12.4. The molecule has 0 aromatic rings. The van der Waals surface area contributed by atoms with Gasteiger partial charge in [-0.2, -0.15) is 4.89 Å². The Morgan fingerprint density at radius 1 is 1.06 bits per heavy atom. The molecule has 0 aliphatic carbocycles. The van der Waals surface area contributed by atoms with Crippen LogP contribution in [0.2, 0.25) is 0 Å². The van der Waals surface area contributed by atoms with Crippen molar-refractivity contribution in [2.45, 2.75) is 72.1 Å². The Morgan fingerprint density at radius 3 is 2.39 bits per heavy atom. The SMILES string of the molecule is CCCCCC(=O)OOOCC(CC)CCCC. The summed E-state index contributed by atoms with van der Waals surface area (Å²) in [5, 5.41) is 4.49. The van der Waals surface area contributed by atoms with Gasteiger partial charge >= 0.3 is 5.97 Å². The first-order valence-corrected chi connectivity index (χ1v) is 7.23. The van der Waals surface area contributed by atoms with E-state index in [4.69, 9.17) is 4.89 Å². The van der Waals surface area contributed by atoms with Crippen LogP contribution in [0, 0.1) is 5.92 Å². The van der Waals surface area contributed by atoms with Crippen molar-refractivity contribution in [1.82, 2.24) is 0 Å². The highest BCUT2D eigenvalue weighted by Crippen LogP contribution is 2.13. The molecular formula is C14H28O4. The Bertz CT molecular complexity index is 194. The molecule has 0 rings (SSSR count). The van der Waals surface area contributed by atoms with Gasteiger partial charge in [0.1, 0.15) is 0 Å². The molecule has 0 aromatic carbocycles. The van der Waals surface area contributed by atoms with Gasteiger partial charge in [0.15, 0.2) is 0 Å². The molecule has 0 spiro atoms. The van der Waals surface area contributed by atoms with Crippen molar-refractivity contribution in [3.05, 3.63) is 0 Å². The molecule has 1 unspecified atom stereocenters. The fourth-order valence-corrected chi connectivity index (χ4v) is 1.65. The topological polar surface area (TPSA) is 44.8 Å². The molecule has 0 N–H and O–H groups in total. The molecule has 0 saturated heterocycles.